The van der Waals surface area contributed by atoms with Crippen molar-refractivity contribution >= 4 is 0 Å². The number of unbranched alkanes of at least 4 members (excludes halogenated alkanes) is 3. The molecule has 0 rings (SSSR count). The van der Waals surface area contributed by atoms with Crippen molar-refractivity contribution in [1.82, 2.24) is 0 Å². The van der Waals surface area contributed by atoms with Crippen LogP contribution in [0.2, 0.25) is 0 Å². The Labute approximate surface area is 69.6 Å². The van der Waals surface area contributed by atoms with E-state index in [0.717, 1.165) is 6.42 Å². The molecule has 0 saturated carbocycles. The molecule has 0 bridgehead atoms. The Hall–Kier alpha value is -0.0800. The molecular weight excluding hydrogens is 140 g/mol. The monoisotopic (exact) mass is 159 g/mol. The van der Waals surface area contributed by atoms with Crippen LogP contribution in [-0.4, -0.2) is 18.0 Å². The highest BCUT2D eigenvalue weighted by molar-refractivity contribution is 4.44. The van der Waals surface area contributed by atoms with Gasteiger partial charge in [0.25, 0.3) is 0 Å². The maximum atomic E-state index is 8.93. The SMILES string of the molecule is [CH2]CC(O)OCCCCCC. The molecular formula is C9H19O2. The first kappa shape index (κ1) is 10.9. The molecule has 0 heterocycles. The number of aliphatic hydroxyl groups excluding tert-OH is 1. The zero-order valence-corrected chi connectivity index (χ0v) is 7.38. The normalized spacial score (nSPS) is 13.4. The van der Waals surface area contributed by atoms with E-state index in [1.165, 1.54) is 19.3 Å². The van der Waals surface area contributed by atoms with Gasteiger partial charge in [-0.25, -0.2) is 0 Å². The number of rotatable bonds is 7. The quantitative estimate of drug-likeness (QED) is 0.455. The standard InChI is InChI=1S/C9H19O2/c1-3-5-6-7-8-11-9(10)4-2/h9-10H,2-8H2,1H3. The van der Waals surface area contributed by atoms with Gasteiger partial charge in [0.15, 0.2) is 6.29 Å². The van der Waals surface area contributed by atoms with Gasteiger partial charge in [-0.15, -0.1) is 0 Å². The van der Waals surface area contributed by atoms with E-state index in [0.29, 0.717) is 13.0 Å². The molecule has 67 valence electrons. The third kappa shape index (κ3) is 7.82. The van der Waals surface area contributed by atoms with Crippen LogP contribution in [0.25, 0.3) is 0 Å². The van der Waals surface area contributed by atoms with Gasteiger partial charge in [-0.1, -0.05) is 26.2 Å². The molecule has 0 aliphatic rings. The smallest absolute Gasteiger partial charge is 0.154 e. The predicted molar refractivity (Wildman–Crippen MR) is 46.1 cm³/mol. The number of ether oxygens (including phenoxy) is 1. The highest BCUT2D eigenvalue weighted by Gasteiger charge is 1.97. The molecule has 2 heteroatoms. The number of hydrogen-bond donors (Lipinski definition) is 1. The molecule has 0 amide bonds. The van der Waals surface area contributed by atoms with Gasteiger partial charge in [-0.05, 0) is 19.8 Å². The Morgan fingerprint density at radius 2 is 2.09 bits per heavy atom. The van der Waals surface area contributed by atoms with Crippen molar-refractivity contribution in [1.29, 1.82) is 0 Å². The Morgan fingerprint density at radius 3 is 2.64 bits per heavy atom. The van der Waals surface area contributed by atoms with E-state index < -0.39 is 6.29 Å². The number of hydrogen-bond acceptors (Lipinski definition) is 2. The van der Waals surface area contributed by atoms with Crippen LogP contribution in [-0.2, 0) is 4.74 Å². The molecule has 0 saturated heterocycles. The summed E-state index contributed by atoms with van der Waals surface area (Å²) in [7, 11) is 0. The summed E-state index contributed by atoms with van der Waals surface area (Å²) in [4.78, 5) is 0. The van der Waals surface area contributed by atoms with Gasteiger partial charge >= 0.3 is 0 Å². The summed E-state index contributed by atoms with van der Waals surface area (Å²) in [5.74, 6) is 0. The molecule has 1 N–H and O–H groups in total. The van der Waals surface area contributed by atoms with Crippen molar-refractivity contribution < 1.29 is 9.84 Å². The van der Waals surface area contributed by atoms with Gasteiger partial charge < -0.3 is 9.84 Å². The first-order valence-electron chi connectivity index (χ1n) is 4.40. The van der Waals surface area contributed by atoms with Crippen LogP contribution >= 0.6 is 0 Å². The second-order valence-electron chi connectivity index (χ2n) is 2.67. The Morgan fingerprint density at radius 1 is 1.36 bits per heavy atom. The fourth-order valence-corrected chi connectivity index (χ4v) is 0.832. The van der Waals surface area contributed by atoms with Crippen LogP contribution in [0.5, 0.6) is 0 Å². The van der Waals surface area contributed by atoms with E-state index in [9.17, 15) is 0 Å². The summed E-state index contributed by atoms with van der Waals surface area (Å²) >= 11 is 0. The van der Waals surface area contributed by atoms with Crippen molar-refractivity contribution in [3.8, 4) is 0 Å². The van der Waals surface area contributed by atoms with E-state index in [-0.39, 0.29) is 0 Å². The largest absolute Gasteiger partial charge is 0.368 e. The van der Waals surface area contributed by atoms with E-state index in [1.54, 1.807) is 0 Å². The zero-order chi connectivity index (χ0) is 8.53. The lowest BCUT2D eigenvalue weighted by molar-refractivity contribution is -0.0970. The van der Waals surface area contributed by atoms with Crippen LogP contribution in [0.15, 0.2) is 0 Å². The highest BCUT2D eigenvalue weighted by Crippen LogP contribution is 2.00. The Bertz CT molecular complexity index is 74.0. The molecule has 1 atom stereocenters. The van der Waals surface area contributed by atoms with E-state index >= 15 is 0 Å². The minimum Gasteiger partial charge on any atom is -0.368 e. The Kier molecular flexibility index (Phi) is 7.96. The summed E-state index contributed by atoms with van der Waals surface area (Å²) in [5.41, 5.74) is 0. The second-order valence-corrected chi connectivity index (χ2v) is 2.67. The third-order valence-electron chi connectivity index (χ3n) is 1.56. The van der Waals surface area contributed by atoms with Crippen molar-refractivity contribution in [3.63, 3.8) is 0 Å². The topological polar surface area (TPSA) is 29.5 Å². The van der Waals surface area contributed by atoms with Gasteiger partial charge in [-0.2, -0.15) is 0 Å². The first-order valence-corrected chi connectivity index (χ1v) is 4.40. The highest BCUT2D eigenvalue weighted by atomic mass is 16.6. The van der Waals surface area contributed by atoms with Crippen molar-refractivity contribution in [3.05, 3.63) is 6.92 Å². The van der Waals surface area contributed by atoms with Gasteiger partial charge in [0.05, 0.1) is 0 Å². The molecule has 1 unspecified atom stereocenters. The number of aliphatic hydroxyl groups is 1. The molecule has 1 radical (unpaired) electrons. The van der Waals surface area contributed by atoms with E-state index in [1.807, 2.05) is 0 Å². The second kappa shape index (κ2) is 8.02. The average Bonchev–Trinajstić information content (AvgIpc) is 2.04. The summed E-state index contributed by atoms with van der Waals surface area (Å²) in [6, 6.07) is 0. The fourth-order valence-electron chi connectivity index (χ4n) is 0.832. The van der Waals surface area contributed by atoms with E-state index in [4.69, 9.17) is 9.84 Å². The minimum absolute atomic E-state index is 0.438. The predicted octanol–water partition coefficient (Wildman–Crippen LogP) is 2.13. The molecule has 0 fully saturated rings. The van der Waals surface area contributed by atoms with Crippen LogP contribution < -0.4 is 0 Å². The van der Waals surface area contributed by atoms with Crippen molar-refractivity contribution in [2.45, 2.75) is 45.3 Å². The third-order valence-corrected chi connectivity index (χ3v) is 1.56. The van der Waals surface area contributed by atoms with Crippen molar-refractivity contribution in [2.24, 2.45) is 0 Å². The van der Waals surface area contributed by atoms with E-state index in [2.05, 4.69) is 13.8 Å². The molecule has 0 aliphatic carbocycles. The first-order chi connectivity index (χ1) is 5.31. The maximum absolute atomic E-state index is 8.93. The Balaban J connectivity index is 2.89. The summed E-state index contributed by atoms with van der Waals surface area (Å²) in [6.45, 7) is 6.36. The van der Waals surface area contributed by atoms with Crippen LogP contribution in [0.4, 0.5) is 0 Å². The zero-order valence-electron chi connectivity index (χ0n) is 7.38. The van der Waals surface area contributed by atoms with Crippen LogP contribution in [0.1, 0.15) is 39.0 Å². The van der Waals surface area contributed by atoms with Crippen LogP contribution in [0, 0.1) is 6.92 Å². The summed E-state index contributed by atoms with van der Waals surface area (Å²) in [6.07, 6.45) is 4.51. The van der Waals surface area contributed by atoms with Crippen LogP contribution in [0.3, 0.4) is 0 Å². The summed E-state index contributed by atoms with van der Waals surface area (Å²) in [5, 5.41) is 8.93. The fraction of sp³-hybridized carbons (Fsp3) is 0.889. The molecule has 11 heavy (non-hydrogen) atoms. The molecule has 0 aromatic carbocycles. The molecule has 0 aromatic rings. The molecule has 2 nitrogen and oxygen atoms in total. The molecule has 0 aliphatic heterocycles. The minimum atomic E-state index is -0.656. The van der Waals surface area contributed by atoms with Gasteiger partial charge in [0.2, 0.25) is 0 Å². The lowest BCUT2D eigenvalue weighted by Crippen LogP contribution is -2.10. The lowest BCUT2D eigenvalue weighted by atomic mass is 10.2. The van der Waals surface area contributed by atoms with Gasteiger partial charge in [-0.3, -0.25) is 0 Å². The van der Waals surface area contributed by atoms with Gasteiger partial charge in [0, 0.05) is 6.61 Å². The lowest BCUT2D eigenvalue weighted by Gasteiger charge is -2.08. The average molecular weight is 159 g/mol. The van der Waals surface area contributed by atoms with Crippen molar-refractivity contribution in [2.75, 3.05) is 6.61 Å². The van der Waals surface area contributed by atoms with Gasteiger partial charge in [0.1, 0.15) is 0 Å². The molecule has 0 aromatic heterocycles. The molecule has 0 spiro atoms. The maximum Gasteiger partial charge on any atom is 0.154 e. The summed E-state index contributed by atoms with van der Waals surface area (Å²) < 4.78 is 5.03.